The molecule has 146 valence electrons. The summed E-state index contributed by atoms with van der Waals surface area (Å²) >= 11 is 0. The molecule has 5 heteroatoms. The Labute approximate surface area is 170 Å². The molecule has 3 aromatic rings. The first-order chi connectivity index (χ1) is 14.0. The van der Waals surface area contributed by atoms with Crippen molar-refractivity contribution in [1.29, 1.82) is 0 Å². The Kier molecular flexibility index (Phi) is 5.12. The third-order valence-corrected chi connectivity index (χ3v) is 5.09. The quantitative estimate of drug-likeness (QED) is 0.702. The van der Waals surface area contributed by atoms with E-state index in [1.807, 2.05) is 73.3 Å². The fourth-order valence-electron chi connectivity index (χ4n) is 3.42. The van der Waals surface area contributed by atoms with E-state index in [9.17, 15) is 4.79 Å². The summed E-state index contributed by atoms with van der Waals surface area (Å²) in [6, 6.07) is 14.0. The van der Waals surface area contributed by atoms with E-state index in [1.54, 1.807) is 0 Å². The minimum atomic E-state index is -0.189. The molecule has 0 fully saturated rings. The maximum absolute atomic E-state index is 12.7. The number of fused-ring (bicyclic) bond motifs is 1. The molecular weight excluding hydrogens is 360 g/mol. The number of aromatic nitrogens is 3. The van der Waals surface area contributed by atoms with E-state index in [2.05, 4.69) is 29.4 Å². The van der Waals surface area contributed by atoms with E-state index in [4.69, 9.17) is 4.98 Å². The van der Waals surface area contributed by atoms with E-state index < -0.39 is 0 Å². The zero-order chi connectivity index (χ0) is 20.4. The zero-order valence-electron chi connectivity index (χ0n) is 16.9. The topological polar surface area (TPSA) is 59.8 Å². The summed E-state index contributed by atoms with van der Waals surface area (Å²) in [6.45, 7) is 5.93. The van der Waals surface area contributed by atoms with E-state index in [0.717, 1.165) is 40.5 Å². The van der Waals surface area contributed by atoms with Crippen molar-refractivity contribution in [1.82, 2.24) is 19.9 Å². The van der Waals surface area contributed by atoms with Gasteiger partial charge in [-0.05, 0) is 38.0 Å². The first kappa shape index (κ1) is 18.9. The number of benzene rings is 1. The number of nitrogens with one attached hydrogen (secondary N) is 1. The van der Waals surface area contributed by atoms with Gasteiger partial charge in [0.1, 0.15) is 11.5 Å². The molecule has 0 bridgehead atoms. The number of rotatable bonds is 3. The number of carbonyl (C=O) groups is 1. The fourth-order valence-corrected chi connectivity index (χ4v) is 3.42. The number of imidazole rings is 1. The normalized spacial score (nSPS) is 15.8. The Balaban J connectivity index is 1.59. The van der Waals surface area contributed by atoms with Crippen LogP contribution in [0.25, 0.3) is 17.5 Å². The summed E-state index contributed by atoms with van der Waals surface area (Å²) in [5.41, 5.74) is 4.96. The van der Waals surface area contributed by atoms with Crippen molar-refractivity contribution in [3.05, 3.63) is 89.3 Å². The van der Waals surface area contributed by atoms with Gasteiger partial charge >= 0.3 is 0 Å². The molecule has 4 rings (SSSR count). The Bertz CT molecular complexity index is 1110. The SMILES string of the molecule is Cc1ccc(C)c(C(=O)NC2=CCC(C)c3nc(-c4ccccc4)cn3C=C2)n1. The number of allylic oxidation sites excluding steroid dienone is 2. The molecule has 0 aliphatic carbocycles. The van der Waals surface area contributed by atoms with Crippen LogP contribution >= 0.6 is 0 Å². The number of pyridine rings is 1. The Hall–Kier alpha value is -3.47. The van der Waals surface area contributed by atoms with Crippen LogP contribution in [0.15, 0.2) is 66.5 Å². The molecule has 1 amide bonds. The van der Waals surface area contributed by atoms with Gasteiger partial charge in [0.2, 0.25) is 0 Å². The van der Waals surface area contributed by atoms with Gasteiger partial charge in [0.15, 0.2) is 0 Å². The molecule has 1 aliphatic rings. The van der Waals surface area contributed by atoms with E-state index >= 15 is 0 Å². The second kappa shape index (κ2) is 7.87. The summed E-state index contributed by atoms with van der Waals surface area (Å²) in [6.07, 6.45) is 8.73. The van der Waals surface area contributed by atoms with Crippen molar-refractivity contribution in [2.45, 2.75) is 33.1 Å². The van der Waals surface area contributed by atoms with Crippen molar-refractivity contribution in [2.24, 2.45) is 0 Å². The van der Waals surface area contributed by atoms with Gasteiger partial charge < -0.3 is 9.88 Å². The average molecular weight is 384 g/mol. The lowest BCUT2D eigenvalue weighted by molar-refractivity contribution is 0.0961. The Morgan fingerprint density at radius 1 is 1.10 bits per heavy atom. The molecule has 1 atom stereocenters. The standard InChI is InChI=1S/C24H24N4O/c1-16-9-11-18(3)25-22(16)24(29)26-20-12-10-17(2)23-27-21(15-28(23)14-13-20)19-7-5-4-6-8-19/h4-9,11-15,17H,10H2,1-3H3,(H,26,29). The zero-order valence-corrected chi connectivity index (χ0v) is 16.9. The Morgan fingerprint density at radius 2 is 1.90 bits per heavy atom. The lowest BCUT2D eigenvalue weighted by Gasteiger charge is -2.14. The first-order valence-corrected chi connectivity index (χ1v) is 9.79. The van der Waals surface area contributed by atoms with Crippen LogP contribution in [-0.4, -0.2) is 20.4 Å². The van der Waals surface area contributed by atoms with Crippen LogP contribution < -0.4 is 5.32 Å². The Morgan fingerprint density at radius 3 is 2.69 bits per heavy atom. The maximum atomic E-state index is 12.7. The van der Waals surface area contributed by atoms with Crippen LogP contribution in [0.2, 0.25) is 0 Å². The molecule has 1 aromatic carbocycles. The van der Waals surface area contributed by atoms with Gasteiger partial charge in [-0.3, -0.25) is 4.79 Å². The number of carbonyl (C=O) groups excluding carboxylic acids is 1. The van der Waals surface area contributed by atoms with Crippen molar-refractivity contribution < 1.29 is 4.79 Å². The molecule has 0 saturated carbocycles. The van der Waals surface area contributed by atoms with E-state index in [-0.39, 0.29) is 11.8 Å². The van der Waals surface area contributed by atoms with Gasteiger partial charge in [-0.25, -0.2) is 9.97 Å². The second-order valence-corrected chi connectivity index (χ2v) is 7.44. The largest absolute Gasteiger partial charge is 0.321 e. The highest BCUT2D eigenvalue weighted by Gasteiger charge is 2.17. The molecule has 0 spiro atoms. The third-order valence-electron chi connectivity index (χ3n) is 5.09. The molecule has 1 N–H and O–H groups in total. The number of hydrogen-bond donors (Lipinski definition) is 1. The minimum absolute atomic E-state index is 0.189. The van der Waals surface area contributed by atoms with E-state index in [0.29, 0.717) is 5.69 Å². The van der Waals surface area contributed by atoms with Crippen molar-refractivity contribution in [2.75, 3.05) is 0 Å². The predicted octanol–water partition coefficient (Wildman–Crippen LogP) is 4.85. The molecule has 2 aromatic heterocycles. The van der Waals surface area contributed by atoms with Gasteiger partial charge in [-0.2, -0.15) is 0 Å². The molecule has 1 aliphatic heterocycles. The van der Waals surface area contributed by atoms with Crippen molar-refractivity contribution >= 4 is 12.1 Å². The summed E-state index contributed by atoms with van der Waals surface area (Å²) in [5, 5.41) is 3.00. The maximum Gasteiger partial charge on any atom is 0.274 e. The number of nitrogens with zero attached hydrogens (tertiary/aromatic N) is 3. The summed E-state index contributed by atoms with van der Waals surface area (Å²) in [5.74, 6) is 1.05. The second-order valence-electron chi connectivity index (χ2n) is 7.44. The third kappa shape index (κ3) is 4.04. The summed E-state index contributed by atoms with van der Waals surface area (Å²) < 4.78 is 2.04. The lowest BCUT2D eigenvalue weighted by atomic mass is 10.1. The van der Waals surface area contributed by atoms with Crippen LogP contribution in [0.5, 0.6) is 0 Å². The molecular formula is C24H24N4O. The first-order valence-electron chi connectivity index (χ1n) is 9.79. The van der Waals surface area contributed by atoms with Crippen LogP contribution in [-0.2, 0) is 0 Å². The van der Waals surface area contributed by atoms with Gasteiger partial charge in [0, 0.05) is 35.3 Å². The molecule has 29 heavy (non-hydrogen) atoms. The van der Waals surface area contributed by atoms with Crippen molar-refractivity contribution in [3.8, 4) is 11.3 Å². The monoisotopic (exact) mass is 384 g/mol. The highest BCUT2D eigenvalue weighted by Crippen LogP contribution is 2.26. The smallest absolute Gasteiger partial charge is 0.274 e. The highest BCUT2D eigenvalue weighted by molar-refractivity contribution is 5.95. The van der Waals surface area contributed by atoms with Gasteiger partial charge in [-0.1, -0.05) is 49.4 Å². The molecule has 0 radical (unpaired) electrons. The van der Waals surface area contributed by atoms with Crippen LogP contribution in [0, 0.1) is 13.8 Å². The average Bonchev–Trinajstić information content (AvgIpc) is 3.15. The van der Waals surface area contributed by atoms with Gasteiger partial charge in [0.25, 0.3) is 5.91 Å². The van der Waals surface area contributed by atoms with Crippen LogP contribution in [0.3, 0.4) is 0 Å². The molecule has 1 unspecified atom stereocenters. The predicted molar refractivity (Wildman–Crippen MR) is 115 cm³/mol. The minimum Gasteiger partial charge on any atom is -0.321 e. The fraction of sp³-hybridized carbons (Fsp3) is 0.208. The highest BCUT2D eigenvalue weighted by atomic mass is 16.1. The van der Waals surface area contributed by atoms with Gasteiger partial charge in [-0.15, -0.1) is 0 Å². The molecule has 0 saturated heterocycles. The van der Waals surface area contributed by atoms with E-state index in [1.165, 1.54) is 0 Å². The molecule has 3 heterocycles. The van der Waals surface area contributed by atoms with Crippen molar-refractivity contribution in [3.63, 3.8) is 0 Å². The van der Waals surface area contributed by atoms with Gasteiger partial charge in [0.05, 0.1) is 5.69 Å². The molecule has 5 nitrogen and oxygen atoms in total. The summed E-state index contributed by atoms with van der Waals surface area (Å²) in [4.78, 5) is 22.0. The van der Waals surface area contributed by atoms with Crippen LogP contribution in [0.1, 0.15) is 46.8 Å². The number of amides is 1. The number of aryl methyl sites for hydroxylation is 2. The lowest BCUT2D eigenvalue weighted by Crippen LogP contribution is -2.24. The summed E-state index contributed by atoms with van der Waals surface area (Å²) in [7, 11) is 0. The van der Waals surface area contributed by atoms with Crippen LogP contribution in [0.4, 0.5) is 0 Å². The number of hydrogen-bond acceptors (Lipinski definition) is 3.